The molecule has 0 aliphatic heterocycles. The minimum Gasteiger partial charge on any atom is -0.413 e. The maximum atomic E-state index is 15.1. The Kier molecular flexibility index (Phi) is 12.6. The van der Waals surface area contributed by atoms with Gasteiger partial charge in [-0.25, -0.2) is 9.18 Å². The second-order valence-electron chi connectivity index (χ2n) is 10.8. The molecule has 0 saturated carbocycles. The maximum absolute atomic E-state index is 15.1. The third kappa shape index (κ3) is 6.30. The Morgan fingerprint density at radius 3 is 0.690 bits per heavy atom. The number of halogens is 35. The molecule has 0 amide bonds. The fraction of sp³-hybridized carbons (Fsp3) is 0.857. The van der Waals surface area contributed by atoms with Gasteiger partial charge in [-0.3, -0.25) is 0 Å². The molecule has 346 valence electrons. The smallest absolute Gasteiger partial charge is 0.413 e. The molecule has 1 unspecified atom stereocenters. The minimum atomic E-state index is -10.4. The van der Waals surface area contributed by atoms with Crippen LogP contribution in [0.15, 0.2) is 12.2 Å². The molecule has 0 saturated heterocycles. The summed E-state index contributed by atoms with van der Waals surface area (Å²) in [5.74, 6) is -133. The van der Waals surface area contributed by atoms with Crippen molar-refractivity contribution in [3.8, 4) is 0 Å². The highest BCUT2D eigenvalue weighted by molar-refractivity contribution is 5.87. The summed E-state index contributed by atoms with van der Waals surface area (Å²) in [4.78, 5) is 11.3. The van der Waals surface area contributed by atoms with E-state index in [1.54, 1.807) is 4.74 Å². The number of hydrogen-bond donors (Lipinski definition) is 0. The van der Waals surface area contributed by atoms with E-state index in [4.69, 9.17) is 0 Å². The predicted molar refractivity (Wildman–Crippen MR) is 106 cm³/mol. The molecule has 0 bridgehead atoms. The SMILES string of the molecule is C=C(C)C(=O)OC(F)(C(F)(F)C(F)(F)C(F)(F)C(F)(F)C(F)(F)F)C(F)(F)C(F)(F)C(F)(F)C(F)(F)C(F)(F)C(F)(F)C(F)(F)C(F)(F)C(F)(C(F)(F)F)C(F)(F)F. The number of rotatable bonds is 15. The molecule has 0 spiro atoms. The number of esters is 1. The molecule has 0 aromatic carbocycles. The Morgan fingerprint density at radius 1 is 0.310 bits per heavy atom. The first-order valence-electron chi connectivity index (χ1n) is 12.3. The molecule has 2 nitrogen and oxygen atoms in total. The summed E-state index contributed by atoms with van der Waals surface area (Å²) >= 11 is 0. The van der Waals surface area contributed by atoms with E-state index in [0.29, 0.717) is 0 Å². The van der Waals surface area contributed by atoms with Gasteiger partial charge in [0.25, 0.3) is 0 Å². The molecule has 37 heteroatoms. The summed E-state index contributed by atoms with van der Waals surface area (Å²) < 4.78 is 479. The van der Waals surface area contributed by atoms with Crippen molar-refractivity contribution in [2.24, 2.45) is 0 Å². The molecule has 0 aromatic rings. The normalized spacial score (nSPS) is 17.6. The van der Waals surface area contributed by atoms with Crippen molar-refractivity contribution in [1.29, 1.82) is 0 Å². The Morgan fingerprint density at radius 2 is 0.500 bits per heavy atom. The van der Waals surface area contributed by atoms with Crippen LogP contribution in [0.1, 0.15) is 6.92 Å². The van der Waals surface area contributed by atoms with Crippen LogP contribution >= 0.6 is 0 Å². The molecule has 0 aliphatic carbocycles. The minimum absolute atomic E-state index is 0.410. The highest BCUT2D eigenvalue weighted by Gasteiger charge is 3.03. The van der Waals surface area contributed by atoms with Crippen LogP contribution in [-0.4, -0.2) is 107 Å². The van der Waals surface area contributed by atoms with Crippen molar-refractivity contribution in [3.05, 3.63) is 12.2 Å². The second-order valence-corrected chi connectivity index (χ2v) is 10.8. The van der Waals surface area contributed by atoms with Gasteiger partial charge in [0.1, 0.15) is 0 Å². The molecule has 0 radical (unpaired) electrons. The molecular weight excluding hydrogens is 949 g/mol. The zero-order valence-electron chi connectivity index (χ0n) is 25.3. The lowest BCUT2D eigenvalue weighted by Gasteiger charge is -2.48. The maximum Gasteiger partial charge on any atom is 0.460 e. The molecule has 0 N–H and O–H groups in total. The van der Waals surface area contributed by atoms with Crippen molar-refractivity contribution in [2.45, 2.75) is 108 Å². The zero-order chi connectivity index (χ0) is 48.4. The third-order valence-electron chi connectivity index (χ3n) is 6.90. The number of carbonyl (C=O) groups is 1. The predicted octanol–water partition coefficient (Wildman–Crippen LogP) is 11.8. The Bertz CT molecular complexity index is 1540. The monoisotopic (exact) mass is 954 g/mol. The van der Waals surface area contributed by atoms with Gasteiger partial charge in [0, 0.05) is 5.57 Å². The van der Waals surface area contributed by atoms with E-state index in [0.717, 1.165) is 0 Å². The van der Waals surface area contributed by atoms with E-state index in [9.17, 15) is 154 Å². The van der Waals surface area contributed by atoms with Crippen LogP contribution < -0.4 is 0 Å². The average Bonchev–Trinajstić information content (AvgIpc) is 2.97. The van der Waals surface area contributed by atoms with Crippen LogP contribution in [0, 0.1) is 0 Å². The summed E-state index contributed by atoms with van der Waals surface area (Å²) in [5.41, 5.74) is -11.9. The summed E-state index contributed by atoms with van der Waals surface area (Å²) in [7, 11) is 0. The first kappa shape index (κ1) is 54.8. The molecule has 1 atom stereocenters. The Hall–Kier alpha value is -3.24. The Balaban J connectivity index is 8.43. The molecule has 0 aliphatic rings. The van der Waals surface area contributed by atoms with Gasteiger partial charge in [0.2, 0.25) is 0 Å². The van der Waals surface area contributed by atoms with E-state index in [-0.39, 0.29) is 0 Å². The molecule has 0 fully saturated rings. The number of alkyl halides is 35. The van der Waals surface area contributed by atoms with Gasteiger partial charge in [0.15, 0.2) is 0 Å². The Labute approximate surface area is 290 Å². The van der Waals surface area contributed by atoms with Gasteiger partial charge in [-0.2, -0.15) is 149 Å². The van der Waals surface area contributed by atoms with Crippen molar-refractivity contribution in [3.63, 3.8) is 0 Å². The van der Waals surface area contributed by atoms with Crippen LogP contribution in [0.4, 0.5) is 154 Å². The van der Waals surface area contributed by atoms with Gasteiger partial charge in [0.05, 0.1) is 0 Å². The van der Waals surface area contributed by atoms with Gasteiger partial charge in [-0.05, 0) is 6.92 Å². The zero-order valence-corrected chi connectivity index (χ0v) is 25.3. The van der Waals surface area contributed by atoms with Gasteiger partial charge < -0.3 is 4.74 Å². The van der Waals surface area contributed by atoms with E-state index in [2.05, 4.69) is 0 Å². The van der Waals surface area contributed by atoms with Crippen LogP contribution in [0.25, 0.3) is 0 Å². The van der Waals surface area contributed by atoms with E-state index < -0.39 is 120 Å². The van der Waals surface area contributed by atoms with Crippen molar-refractivity contribution >= 4 is 5.97 Å². The lowest BCUT2D eigenvalue weighted by molar-refractivity contribution is -0.500. The topological polar surface area (TPSA) is 26.3 Å². The fourth-order valence-corrected chi connectivity index (χ4v) is 3.43. The summed E-state index contributed by atoms with van der Waals surface area (Å²) in [6.45, 7) is 1.50. The van der Waals surface area contributed by atoms with Gasteiger partial charge in [-0.15, -0.1) is 0 Å². The first-order chi connectivity index (χ1) is 24.3. The van der Waals surface area contributed by atoms with Crippen LogP contribution in [-0.2, 0) is 9.53 Å². The van der Waals surface area contributed by atoms with Gasteiger partial charge >= 0.3 is 107 Å². The second kappa shape index (κ2) is 13.4. The highest BCUT2D eigenvalue weighted by Crippen LogP contribution is 2.70. The summed E-state index contributed by atoms with van der Waals surface area (Å²) in [5, 5.41) is 0. The molecular formula is C21H5F35O2. The summed E-state index contributed by atoms with van der Waals surface area (Å²) in [6.07, 6.45) is -26.3. The molecule has 0 heterocycles. The lowest BCUT2D eigenvalue weighted by atomic mass is 9.81. The highest BCUT2D eigenvalue weighted by atomic mass is 19.5. The van der Waals surface area contributed by atoms with Crippen molar-refractivity contribution < 1.29 is 163 Å². The number of carbonyl (C=O) groups excluding carboxylic acids is 1. The molecule has 0 aromatic heterocycles. The van der Waals surface area contributed by atoms with Crippen molar-refractivity contribution in [2.75, 3.05) is 0 Å². The molecule has 0 rings (SSSR count). The fourth-order valence-electron chi connectivity index (χ4n) is 3.43. The van der Waals surface area contributed by atoms with Crippen molar-refractivity contribution in [1.82, 2.24) is 0 Å². The van der Waals surface area contributed by atoms with Gasteiger partial charge in [-0.1, -0.05) is 6.58 Å². The lowest BCUT2D eigenvalue weighted by Crippen LogP contribution is -2.81. The standard InChI is InChI=1S/C21H5F35O2/c1-3(2)4(57)58-18(47,16(43,44)13(37,38)14(39,40)17(45,46)21(54,55)56)15(41,42)12(35,36)11(33,34)10(31,32)9(29,30)8(27,28)7(25,26)6(23,24)5(22,19(48,49)50)20(51,52)53/h1H2,2H3. The van der Waals surface area contributed by atoms with Crippen LogP contribution in [0.2, 0.25) is 0 Å². The van der Waals surface area contributed by atoms with Crippen LogP contribution in [0.3, 0.4) is 0 Å². The third-order valence-corrected chi connectivity index (χ3v) is 6.90. The summed E-state index contributed by atoms with van der Waals surface area (Å²) in [6, 6.07) is 0. The molecule has 58 heavy (non-hydrogen) atoms. The van der Waals surface area contributed by atoms with E-state index >= 15 is 4.39 Å². The largest absolute Gasteiger partial charge is 0.460 e. The van der Waals surface area contributed by atoms with E-state index in [1.807, 2.05) is 6.58 Å². The number of hydrogen-bond acceptors (Lipinski definition) is 2. The average molecular weight is 954 g/mol. The quantitative estimate of drug-likeness (QED) is 0.0929. The van der Waals surface area contributed by atoms with Crippen LogP contribution in [0.5, 0.6) is 0 Å². The first-order valence-corrected chi connectivity index (χ1v) is 12.3. The van der Waals surface area contributed by atoms with E-state index in [1.165, 1.54) is 0 Å². The number of ether oxygens (including phenoxy) is 1.